The number of hydrogen-bond acceptors (Lipinski definition) is 4. The van der Waals surface area contributed by atoms with E-state index in [4.69, 9.17) is 9.47 Å². The number of likely N-dealkylation sites (tertiary alicyclic amines) is 2. The minimum atomic E-state index is 0.0203. The molecule has 1 aromatic carbocycles. The summed E-state index contributed by atoms with van der Waals surface area (Å²) < 4.78 is 11.8. The first-order valence-electron chi connectivity index (χ1n) is 14.9. The van der Waals surface area contributed by atoms with Crippen LogP contribution in [0, 0.1) is 17.8 Å². The topological polar surface area (TPSA) is 42.0 Å². The summed E-state index contributed by atoms with van der Waals surface area (Å²) in [6.07, 6.45) is 11.9. The van der Waals surface area contributed by atoms with Gasteiger partial charge >= 0.3 is 0 Å². The van der Waals surface area contributed by atoms with E-state index in [9.17, 15) is 4.79 Å². The highest BCUT2D eigenvalue weighted by Crippen LogP contribution is 2.56. The average Bonchev–Trinajstić information content (AvgIpc) is 3.57. The number of rotatable bonds is 6. The molecular formula is C31H46N2O3. The number of hydrogen-bond donors (Lipinski definition) is 0. The quantitative estimate of drug-likeness (QED) is 0.496. The monoisotopic (exact) mass is 494 g/mol. The first-order valence-corrected chi connectivity index (χ1v) is 14.9. The van der Waals surface area contributed by atoms with Crippen LogP contribution in [0.4, 0.5) is 0 Å². The molecule has 5 aliphatic rings. The van der Waals surface area contributed by atoms with E-state index in [1.165, 1.54) is 44.2 Å². The molecule has 5 heteroatoms. The Morgan fingerprint density at radius 3 is 2.83 bits per heavy atom. The van der Waals surface area contributed by atoms with Crippen molar-refractivity contribution in [1.82, 2.24) is 9.80 Å². The minimum Gasteiger partial charge on any atom is -0.494 e. The van der Waals surface area contributed by atoms with Crippen LogP contribution in [0.3, 0.4) is 0 Å². The lowest BCUT2D eigenvalue weighted by Crippen LogP contribution is -2.63. The molecule has 1 saturated carbocycles. The molecule has 0 bridgehead atoms. The Bertz CT molecular complexity index is 944. The van der Waals surface area contributed by atoms with Crippen molar-refractivity contribution in [1.29, 1.82) is 0 Å². The molecule has 6 atom stereocenters. The van der Waals surface area contributed by atoms with Gasteiger partial charge in [0.25, 0.3) is 0 Å². The molecule has 1 amide bonds. The second kappa shape index (κ2) is 10.3. The molecule has 1 unspecified atom stereocenters. The van der Waals surface area contributed by atoms with Crippen molar-refractivity contribution >= 4 is 5.91 Å². The molecule has 0 radical (unpaired) electrons. The van der Waals surface area contributed by atoms with Gasteiger partial charge in [0.05, 0.1) is 19.1 Å². The lowest BCUT2D eigenvalue weighted by Gasteiger charge is -2.59. The SMILES string of the molecule is C[C@@H]1CCCN1CCCOc1ccc2c(c1)CC[C@@H]1[C@@H]2CC[C@@]2(C)[C@H]1CCCN2C(=O)C1CCOC1. The number of ether oxygens (including phenoxy) is 2. The van der Waals surface area contributed by atoms with Gasteiger partial charge in [-0.05, 0) is 126 Å². The summed E-state index contributed by atoms with van der Waals surface area (Å²) in [5.41, 5.74) is 3.10. The summed E-state index contributed by atoms with van der Waals surface area (Å²) in [7, 11) is 0. The van der Waals surface area contributed by atoms with E-state index in [0.717, 1.165) is 70.2 Å². The third kappa shape index (κ3) is 4.49. The maximum Gasteiger partial charge on any atom is 0.228 e. The highest BCUT2D eigenvalue weighted by molar-refractivity contribution is 5.80. The van der Waals surface area contributed by atoms with E-state index in [-0.39, 0.29) is 11.5 Å². The normalized spacial score (nSPS) is 36.3. The summed E-state index contributed by atoms with van der Waals surface area (Å²) in [5.74, 6) is 3.46. The predicted molar refractivity (Wildman–Crippen MR) is 142 cm³/mol. The molecular weight excluding hydrogens is 448 g/mol. The van der Waals surface area contributed by atoms with Gasteiger partial charge in [-0.2, -0.15) is 0 Å². The summed E-state index contributed by atoms with van der Waals surface area (Å²) in [5, 5.41) is 0. The standard InChI is InChI=1S/C31H46N2O3/c1-22-6-3-15-32(22)16-5-18-36-25-9-11-26-23(20-25)8-10-28-27(26)12-14-31(2)29(28)7-4-17-33(31)30(34)24-13-19-35-21-24/h9,11,20,22,24,27-29H,3-8,10,12-19,21H2,1-2H3/t22-,24?,27-,28-,29+,31+/m1/s1. The number of nitrogens with zero attached hydrogens (tertiary/aromatic N) is 2. The Morgan fingerprint density at radius 2 is 2.03 bits per heavy atom. The maximum atomic E-state index is 13.5. The van der Waals surface area contributed by atoms with Gasteiger partial charge in [-0.15, -0.1) is 0 Å². The highest BCUT2D eigenvalue weighted by Gasteiger charge is 2.54. The predicted octanol–water partition coefficient (Wildman–Crippen LogP) is 5.41. The van der Waals surface area contributed by atoms with Crippen LogP contribution in [0.25, 0.3) is 0 Å². The fourth-order valence-electron chi connectivity index (χ4n) is 8.63. The molecule has 198 valence electrons. The van der Waals surface area contributed by atoms with Crippen molar-refractivity contribution < 1.29 is 14.3 Å². The average molecular weight is 495 g/mol. The Hall–Kier alpha value is -1.59. The van der Waals surface area contributed by atoms with Gasteiger partial charge in [0.2, 0.25) is 5.91 Å². The number of carbonyl (C=O) groups is 1. The molecule has 0 N–H and O–H groups in total. The Kier molecular flexibility index (Phi) is 7.07. The van der Waals surface area contributed by atoms with Gasteiger partial charge in [0.15, 0.2) is 0 Å². The number of fused-ring (bicyclic) bond motifs is 5. The summed E-state index contributed by atoms with van der Waals surface area (Å²) >= 11 is 0. The van der Waals surface area contributed by atoms with E-state index in [1.54, 1.807) is 5.56 Å². The van der Waals surface area contributed by atoms with E-state index < -0.39 is 0 Å². The first-order chi connectivity index (χ1) is 17.5. The van der Waals surface area contributed by atoms with Gasteiger partial charge in [-0.25, -0.2) is 0 Å². The van der Waals surface area contributed by atoms with Crippen molar-refractivity contribution in [3.8, 4) is 5.75 Å². The van der Waals surface area contributed by atoms with E-state index in [0.29, 0.717) is 30.3 Å². The van der Waals surface area contributed by atoms with Crippen molar-refractivity contribution in [3.63, 3.8) is 0 Å². The molecule has 4 fully saturated rings. The molecule has 5 nitrogen and oxygen atoms in total. The van der Waals surface area contributed by atoms with Crippen molar-refractivity contribution in [2.45, 2.75) is 95.6 Å². The molecule has 0 aromatic heterocycles. The molecule has 6 rings (SSSR count). The van der Waals surface area contributed by atoms with E-state index >= 15 is 0 Å². The summed E-state index contributed by atoms with van der Waals surface area (Å²) in [6, 6.07) is 7.69. The number of amides is 1. The molecule has 2 aliphatic carbocycles. The molecule has 0 spiro atoms. The van der Waals surface area contributed by atoms with Crippen LogP contribution in [0.15, 0.2) is 18.2 Å². The largest absolute Gasteiger partial charge is 0.494 e. The summed E-state index contributed by atoms with van der Waals surface area (Å²) in [6.45, 7) is 10.3. The van der Waals surface area contributed by atoms with Crippen LogP contribution in [0.2, 0.25) is 0 Å². The Balaban J connectivity index is 1.10. The smallest absolute Gasteiger partial charge is 0.228 e. The lowest BCUT2D eigenvalue weighted by atomic mass is 9.55. The van der Waals surface area contributed by atoms with Crippen LogP contribution in [0.1, 0.15) is 88.7 Å². The van der Waals surface area contributed by atoms with Crippen LogP contribution in [-0.2, 0) is 16.0 Å². The first kappa shape index (κ1) is 24.7. The molecule has 3 aliphatic heterocycles. The van der Waals surface area contributed by atoms with Gasteiger partial charge in [0, 0.05) is 31.3 Å². The van der Waals surface area contributed by atoms with Gasteiger partial charge in [-0.3, -0.25) is 4.79 Å². The molecule has 36 heavy (non-hydrogen) atoms. The number of piperidine rings is 1. The molecule has 3 heterocycles. The van der Waals surface area contributed by atoms with E-state index in [2.05, 4.69) is 41.8 Å². The third-order valence-corrected chi connectivity index (χ3v) is 10.7. The fraction of sp³-hybridized carbons (Fsp3) is 0.774. The highest BCUT2D eigenvalue weighted by atomic mass is 16.5. The van der Waals surface area contributed by atoms with Crippen LogP contribution < -0.4 is 4.74 Å². The van der Waals surface area contributed by atoms with Gasteiger partial charge < -0.3 is 19.3 Å². The van der Waals surface area contributed by atoms with Crippen molar-refractivity contribution in [3.05, 3.63) is 29.3 Å². The third-order valence-electron chi connectivity index (χ3n) is 10.7. The van der Waals surface area contributed by atoms with Crippen molar-refractivity contribution in [2.24, 2.45) is 17.8 Å². The van der Waals surface area contributed by atoms with Crippen molar-refractivity contribution in [2.75, 3.05) is 39.5 Å². The van der Waals surface area contributed by atoms with Gasteiger partial charge in [-0.1, -0.05) is 6.07 Å². The molecule has 3 saturated heterocycles. The zero-order chi connectivity index (χ0) is 24.7. The Morgan fingerprint density at radius 1 is 1.14 bits per heavy atom. The zero-order valence-electron chi connectivity index (χ0n) is 22.6. The van der Waals surface area contributed by atoms with Gasteiger partial charge in [0.1, 0.15) is 5.75 Å². The van der Waals surface area contributed by atoms with Crippen LogP contribution in [-0.4, -0.2) is 66.7 Å². The zero-order valence-corrected chi connectivity index (χ0v) is 22.6. The summed E-state index contributed by atoms with van der Waals surface area (Å²) in [4.78, 5) is 18.4. The second-order valence-corrected chi connectivity index (χ2v) is 12.6. The van der Waals surface area contributed by atoms with E-state index in [1.807, 2.05) is 0 Å². The Labute approximate surface area is 217 Å². The number of aryl methyl sites for hydroxylation is 1. The van der Waals surface area contributed by atoms with Crippen LogP contribution >= 0.6 is 0 Å². The molecule has 1 aromatic rings. The number of carbonyl (C=O) groups excluding carboxylic acids is 1. The fourth-order valence-corrected chi connectivity index (χ4v) is 8.63. The second-order valence-electron chi connectivity index (χ2n) is 12.6. The van der Waals surface area contributed by atoms with Crippen LogP contribution in [0.5, 0.6) is 5.75 Å². The minimum absolute atomic E-state index is 0.0203. The number of benzene rings is 1. The maximum absolute atomic E-state index is 13.5. The lowest BCUT2D eigenvalue weighted by molar-refractivity contribution is -0.153.